The second-order valence-electron chi connectivity index (χ2n) is 8.43. The van der Waals surface area contributed by atoms with E-state index in [1.165, 1.54) is 11.1 Å². The van der Waals surface area contributed by atoms with Gasteiger partial charge in [-0.05, 0) is 41.7 Å². The largest absolute Gasteiger partial charge is 0.375 e. The van der Waals surface area contributed by atoms with Crippen LogP contribution in [0.4, 0.5) is 0 Å². The predicted octanol–water partition coefficient (Wildman–Crippen LogP) is 2.88. The van der Waals surface area contributed by atoms with Crippen LogP contribution >= 0.6 is 0 Å². The summed E-state index contributed by atoms with van der Waals surface area (Å²) in [4.78, 5) is 19.3. The van der Waals surface area contributed by atoms with Gasteiger partial charge in [0.05, 0.1) is 31.7 Å². The monoisotopic (exact) mass is 416 g/mol. The Hall–Kier alpha value is -2.96. The van der Waals surface area contributed by atoms with Crippen LogP contribution in [-0.4, -0.2) is 46.1 Å². The maximum absolute atomic E-state index is 12.4. The van der Waals surface area contributed by atoms with Gasteiger partial charge in [-0.2, -0.15) is 0 Å². The van der Waals surface area contributed by atoms with Crippen molar-refractivity contribution in [1.82, 2.24) is 19.8 Å². The second kappa shape index (κ2) is 9.04. The van der Waals surface area contributed by atoms with E-state index in [2.05, 4.69) is 51.6 Å². The maximum atomic E-state index is 12.4. The molecule has 1 N–H and O–H groups in total. The van der Waals surface area contributed by atoms with Crippen molar-refractivity contribution in [2.75, 3.05) is 19.7 Å². The summed E-state index contributed by atoms with van der Waals surface area (Å²) in [5, 5.41) is 3.05. The number of carbonyl (C=O) groups is 1. The zero-order valence-electron chi connectivity index (χ0n) is 17.7. The molecule has 0 radical (unpaired) electrons. The zero-order valence-corrected chi connectivity index (χ0v) is 17.7. The highest BCUT2D eigenvalue weighted by molar-refractivity contribution is 5.78. The van der Waals surface area contributed by atoms with Crippen LogP contribution in [0.25, 0.3) is 5.69 Å². The molecule has 4 bridgehead atoms. The number of benzene rings is 2. The number of rotatable bonds is 0. The molecule has 0 unspecified atom stereocenters. The third-order valence-corrected chi connectivity index (χ3v) is 6.17. The Morgan fingerprint density at radius 3 is 2.94 bits per heavy atom. The summed E-state index contributed by atoms with van der Waals surface area (Å²) in [6.45, 7) is 3.82. The van der Waals surface area contributed by atoms with E-state index < -0.39 is 0 Å². The highest BCUT2D eigenvalue weighted by Crippen LogP contribution is 2.24. The highest BCUT2D eigenvalue weighted by atomic mass is 16.5. The van der Waals surface area contributed by atoms with E-state index in [0.717, 1.165) is 42.9 Å². The average Bonchev–Trinajstić information content (AvgIpc) is 3.25. The topological polar surface area (TPSA) is 59.4 Å². The van der Waals surface area contributed by atoms with Crippen molar-refractivity contribution in [2.45, 2.75) is 38.5 Å². The number of nitrogens with one attached hydrogen (secondary N) is 1. The van der Waals surface area contributed by atoms with Gasteiger partial charge in [-0.1, -0.05) is 36.4 Å². The van der Waals surface area contributed by atoms with Crippen molar-refractivity contribution in [3.63, 3.8) is 0 Å². The molecule has 0 spiro atoms. The highest BCUT2D eigenvalue weighted by Gasteiger charge is 2.25. The number of aromatic nitrogens is 2. The van der Waals surface area contributed by atoms with Gasteiger partial charge in [0.25, 0.3) is 0 Å². The number of hydrogen-bond donors (Lipinski definition) is 1. The van der Waals surface area contributed by atoms with Gasteiger partial charge in [0, 0.05) is 37.6 Å². The Labute approximate surface area is 182 Å². The SMILES string of the molecule is O=C1Cc2cn(cn2)-c2cccc(c2)COC[C@@H]2Cc3ccccc3CN2CCCN1. The lowest BCUT2D eigenvalue weighted by Gasteiger charge is -2.37. The van der Waals surface area contributed by atoms with Crippen LogP contribution in [0.1, 0.15) is 28.8 Å². The van der Waals surface area contributed by atoms with Crippen LogP contribution in [0.3, 0.4) is 0 Å². The minimum atomic E-state index is 0.0205. The third-order valence-electron chi connectivity index (χ3n) is 6.17. The molecule has 6 heteroatoms. The summed E-state index contributed by atoms with van der Waals surface area (Å²) in [5.74, 6) is 0.0205. The molecule has 5 rings (SSSR count). The molecular weight excluding hydrogens is 388 g/mol. The number of carbonyl (C=O) groups excluding carboxylic acids is 1. The lowest BCUT2D eigenvalue weighted by molar-refractivity contribution is -0.120. The van der Waals surface area contributed by atoms with Crippen molar-refractivity contribution < 1.29 is 9.53 Å². The summed E-state index contributed by atoms with van der Waals surface area (Å²) in [6.07, 6.45) is 5.91. The number of nitrogens with zero attached hydrogens (tertiary/aromatic N) is 3. The minimum Gasteiger partial charge on any atom is -0.375 e. The lowest BCUT2D eigenvalue weighted by atomic mass is 9.94. The van der Waals surface area contributed by atoms with Gasteiger partial charge in [0.2, 0.25) is 5.91 Å². The van der Waals surface area contributed by atoms with E-state index in [9.17, 15) is 4.79 Å². The first-order valence-corrected chi connectivity index (χ1v) is 11.0. The van der Waals surface area contributed by atoms with Gasteiger partial charge in [-0.25, -0.2) is 4.98 Å². The fraction of sp³-hybridized carbons (Fsp3) is 0.360. The van der Waals surface area contributed by atoms with Crippen LogP contribution < -0.4 is 5.32 Å². The molecule has 1 amide bonds. The van der Waals surface area contributed by atoms with Crippen molar-refractivity contribution in [3.05, 3.63) is 83.4 Å². The Kier molecular flexibility index (Phi) is 5.82. The summed E-state index contributed by atoms with van der Waals surface area (Å²) in [6, 6.07) is 17.3. The molecule has 1 atom stereocenters. The van der Waals surface area contributed by atoms with Gasteiger partial charge in [-0.15, -0.1) is 0 Å². The lowest BCUT2D eigenvalue weighted by Crippen LogP contribution is -2.44. The first kappa shape index (κ1) is 20.0. The van der Waals surface area contributed by atoms with E-state index in [-0.39, 0.29) is 5.91 Å². The van der Waals surface area contributed by atoms with Gasteiger partial charge in [0.15, 0.2) is 0 Å². The number of ether oxygens (including phenoxy) is 1. The van der Waals surface area contributed by atoms with Crippen molar-refractivity contribution in [3.8, 4) is 5.69 Å². The normalized spacial score (nSPS) is 20.3. The number of amides is 1. The van der Waals surface area contributed by atoms with Gasteiger partial charge in [0.1, 0.15) is 0 Å². The molecule has 6 nitrogen and oxygen atoms in total. The summed E-state index contributed by atoms with van der Waals surface area (Å²) >= 11 is 0. The smallest absolute Gasteiger partial charge is 0.226 e. The minimum absolute atomic E-state index is 0.0205. The van der Waals surface area contributed by atoms with Gasteiger partial charge in [-0.3, -0.25) is 9.69 Å². The fourth-order valence-electron chi connectivity index (χ4n) is 4.52. The van der Waals surface area contributed by atoms with E-state index >= 15 is 0 Å². The number of imidazole rings is 1. The number of hydrogen-bond acceptors (Lipinski definition) is 4. The first-order valence-electron chi connectivity index (χ1n) is 11.0. The molecule has 31 heavy (non-hydrogen) atoms. The molecule has 2 aromatic carbocycles. The van der Waals surface area contributed by atoms with Crippen LogP contribution in [-0.2, 0) is 35.5 Å². The molecule has 0 saturated carbocycles. The second-order valence-corrected chi connectivity index (χ2v) is 8.43. The van der Waals surface area contributed by atoms with Crippen LogP contribution in [0.15, 0.2) is 61.1 Å². The van der Waals surface area contributed by atoms with Crippen molar-refractivity contribution in [1.29, 1.82) is 0 Å². The molecule has 0 aliphatic carbocycles. The first-order chi connectivity index (χ1) is 15.2. The van der Waals surface area contributed by atoms with E-state index in [1.54, 1.807) is 6.33 Å². The standard InChI is InChI=1S/C25H28N4O2/c30-25-13-22-15-29(18-27-22)23-8-3-5-19(11-23)16-31-17-24-12-20-6-1-2-7-21(20)14-28(24)10-4-9-26-25/h1-3,5-8,11,15,18,24H,4,9-10,12-14,16-17H2,(H,26,30)/t24-/m0/s1. The molecule has 2 aliphatic heterocycles. The Morgan fingerprint density at radius 1 is 1.10 bits per heavy atom. The van der Waals surface area contributed by atoms with Crippen LogP contribution in [0.2, 0.25) is 0 Å². The predicted molar refractivity (Wildman–Crippen MR) is 119 cm³/mol. The summed E-state index contributed by atoms with van der Waals surface area (Å²) < 4.78 is 8.16. The molecule has 3 heterocycles. The van der Waals surface area contributed by atoms with Crippen LogP contribution in [0.5, 0.6) is 0 Å². The third kappa shape index (κ3) is 4.70. The Balaban J connectivity index is 1.37. The quantitative estimate of drug-likeness (QED) is 0.612. The van der Waals surface area contributed by atoms with Crippen molar-refractivity contribution >= 4 is 5.91 Å². The fourth-order valence-corrected chi connectivity index (χ4v) is 4.52. The maximum Gasteiger partial charge on any atom is 0.226 e. The Bertz CT molecular complexity index is 1060. The van der Waals surface area contributed by atoms with E-state index in [4.69, 9.17) is 4.74 Å². The molecule has 3 aromatic rings. The van der Waals surface area contributed by atoms with E-state index in [0.29, 0.717) is 32.2 Å². The van der Waals surface area contributed by atoms with Gasteiger partial charge >= 0.3 is 0 Å². The van der Waals surface area contributed by atoms with E-state index in [1.807, 2.05) is 22.9 Å². The molecule has 0 fully saturated rings. The molecule has 0 saturated heterocycles. The van der Waals surface area contributed by atoms with Crippen molar-refractivity contribution in [2.24, 2.45) is 0 Å². The molecule has 1 aromatic heterocycles. The summed E-state index contributed by atoms with van der Waals surface area (Å²) in [7, 11) is 0. The average molecular weight is 417 g/mol. The van der Waals surface area contributed by atoms with Gasteiger partial charge < -0.3 is 14.6 Å². The zero-order chi connectivity index (χ0) is 21.0. The Morgan fingerprint density at radius 2 is 2.00 bits per heavy atom. The van der Waals surface area contributed by atoms with Crippen LogP contribution in [0, 0.1) is 0 Å². The number of fused-ring (bicyclic) bond motifs is 7. The molecular formula is C25H28N4O2. The molecule has 2 aliphatic rings. The molecule has 160 valence electrons. The summed E-state index contributed by atoms with van der Waals surface area (Å²) in [5.41, 5.74) is 5.76.